The summed E-state index contributed by atoms with van der Waals surface area (Å²) in [7, 11) is 0. The molecule has 0 aromatic heterocycles. The zero-order chi connectivity index (χ0) is 32.4. The molecule has 0 saturated heterocycles. The van der Waals surface area contributed by atoms with Gasteiger partial charge >= 0.3 is 0 Å². The van der Waals surface area contributed by atoms with Crippen molar-refractivity contribution in [2.24, 2.45) is 0 Å². The van der Waals surface area contributed by atoms with E-state index in [0.717, 1.165) is 38.9 Å². The van der Waals surface area contributed by atoms with Crippen LogP contribution in [0, 0.1) is 0 Å². The summed E-state index contributed by atoms with van der Waals surface area (Å²) in [6, 6.07) is 17.2. The Balaban J connectivity index is 1.01. The molecule has 0 fully saturated rings. The molecule has 0 aliphatic carbocycles. The van der Waals surface area contributed by atoms with Gasteiger partial charge in [-0.15, -0.1) is 0 Å². The Bertz CT molecular complexity index is 1340. The summed E-state index contributed by atoms with van der Waals surface area (Å²) in [6.45, 7) is 15.6. The van der Waals surface area contributed by atoms with Crippen molar-refractivity contribution in [3.8, 4) is 51.7 Å². The first-order chi connectivity index (χ1) is 22.0. The van der Waals surface area contributed by atoms with Crippen molar-refractivity contribution in [2.45, 2.75) is 78.2 Å². The Hall–Kier alpha value is -4.18. The first kappa shape index (κ1) is 31.8. The van der Waals surface area contributed by atoms with Crippen molar-refractivity contribution >= 4 is 0 Å². The zero-order valence-corrected chi connectivity index (χ0v) is 27.7. The predicted molar refractivity (Wildman–Crippen MR) is 172 cm³/mol. The molecule has 0 unspecified atom stereocenters. The molecule has 0 N–H and O–H groups in total. The normalized spacial score (nSPS) is 17.3. The van der Waals surface area contributed by atoms with Crippen molar-refractivity contribution in [3.05, 3.63) is 54.6 Å². The van der Waals surface area contributed by atoms with Gasteiger partial charge in [0.25, 0.3) is 0 Å². The zero-order valence-electron chi connectivity index (χ0n) is 27.7. The number of hydrogen-bond acceptors (Lipinski definition) is 10. The summed E-state index contributed by atoms with van der Waals surface area (Å²) in [5.74, 6) is 4.10. The van der Waals surface area contributed by atoms with Crippen LogP contribution in [0.25, 0.3) is 0 Å². The quantitative estimate of drug-likeness (QED) is 0.160. The lowest BCUT2D eigenvalue weighted by Crippen LogP contribution is -2.30. The number of hydrogen-bond donors (Lipinski definition) is 0. The van der Waals surface area contributed by atoms with E-state index in [4.69, 9.17) is 42.6 Å². The number of fused-ring (bicyclic) bond motifs is 3. The van der Waals surface area contributed by atoms with E-state index in [9.17, 15) is 0 Å². The summed E-state index contributed by atoms with van der Waals surface area (Å²) in [6.07, 6.45) is 2.53. The van der Waals surface area contributed by atoms with Crippen molar-refractivity contribution < 1.29 is 42.6 Å². The van der Waals surface area contributed by atoms with Gasteiger partial charge in [0.2, 0.25) is 34.6 Å². The molecule has 248 valence electrons. The van der Waals surface area contributed by atoms with E-state index < -0.39 is 17.4 Å². The molecule has 6 rings (SSSR count). The molecule has 0 radical (unpaired) electrons. The fourth-order valence-electron chi connectivity index (χ4n) is 5.71. The lowest BCUT2D eigenvalue weighted by Gasteiger charge is -2.23. The van der Waals surface area contributed by atoms with Crippen LogP contribution in [0.1, 0.15) is 60.8 Å². The van der Waals surface area contributed by atoms with E-state index in [1.54, 1.807) is 0 Å². The van der Waals surface area contributed by atoms with Crippen LogP contribution < -0.4 is 42.6 Å². The molecule has 0 atom stereocenters. The fourth-order valence-corrected chi connectivity index (χ4v) is 5.71. The van der Waals surface area contributed by atoms with Crippen LogP contribution in [-0.4, -0.2) is 61.7 Å². The Morgan fingerprint density at radius 1 is 0.457 bits per heavy atom. The molecular formula is C36H45NO9. The standard InChI is InChI=1S/C36H45NO9/c1-34(2)41-28-16-7-13-25(31(28)44-34)38-22-10-19-37(20-11-23-39-26-14-8-17-29-32(26)45-35(3,4)42-29)21-12-24-40-27-15-9-18-30-33(27)46-36(5,6)43-30/h7-9,13-18H,10-12,19-24H2,1-6H3. The number of rotatable bonds is 15. The predicted octanol–water partition coefficient (Wildman–Crippen LogP) is 7.22. The van der Waals surface area contributed by atoms with Gasteiger partial charge in [-0.25, -0.2) is 0 Å². The monoisotopic (exact) mass is 635 g/mol. The Morgan fingerprint density at radius 3 is 1.07 bits per heavy atom. The number of nitrogens with zero attached hydrogens (tertiary/aromatic N) is 1. The van der Waals surface area contributed by atoms with Gasteiger partial charge in [0.05, 0.1) is 19.8 Å². The van der Waals surface area contributed by atoms with Gasteiger partial charge in [-0.3, -0.25) is 0 Å². The van der Waals surface area contributed by atoms with Crippen molar-refractivity contribution in [1.29, 1.82) is 0 Å². The maximum Gasteiger partial charge on any atom is 0.246 e. The molecule has 10 heteroatoms. The Morgan fingerprint density at radius 2 is 0.761 bits per heavy atom. The third kappa shape index (κ3) is 7.61. The largest absolute Gasteiger partial charge is 0.489 e. The van der Waals surface area contributed by atoms with Crippen molar-refractivity contribution in [2.75, 3.05) is 39.5 Å². The second-order valence-electron chi connectivity index (χ2n) is 13.0. The van der Waals surface area contributed by atoms with Gasteiger partial charge in [0.1, 0.15) is 0 Å². The highest BCUT2D eigenvalue weighted by Gasteiger charge is 2.36. The highest BCUT2D eigenvalue weighted by Crippen LogP contribution is 2.47. The molecule has 3 heterocycles. The van der Waals surface area contributed by atoms with Gasteiger partial charge in [-0.2, -0.15) is 0 Å². The Kier molecular flexibility index (Phi) is 8.92. The van der Waals surface area contributed by atoms with Crippen LogP contribution in [0.2, 0.25) is 0 Å². The van der Waals surface area contributed by atoms with Gasteiger partial charge in [0, 0.05) is 61.2 Å². The first-order valence-electron chi connectivity index (χ1n) is 16.1. The van der Waals surface area contributed by atoms with Crippen LogP contribution in [-0.2, 0) is 0 Å². The Labute approximate surface area is 271 Å². The first-order valence-corrected chi connectivity index (χ1v) is 16.1. The van der Waals surface area contributed by atoms with Gasteiger partial charge < -0.3 is 47.5 Å². The maximum absolute atomic E-state index is 6.15. The van der Waals surface area contributed by atoms with Crippen molar-refractivity contribution in [3.63, 3.8) is 0 Å². The summed E-state index contributed by atoms with van der Waals surface area (Å²) in [4.78, 5) is 2.42. The van der Waals surface area contributed by atoms with E-state index >= 15 is 0 Å². The summed E-state index contributed by atoms with van der Waals surface area (Å²) >= 11 is 0. The van der Waals surface area contributed by atoms with Crippen LogP contribution >= 0.6 is 0 Å². The average molecular weight is 636 g/mol. The highest BCUT2D eigenvalue weighted by molar-refractivity contribution is 5.55. The van der Waals surface area contributed by atoms with Crippen LogP contribution in [0.5, 0.6) is 51.7 Å². The van der Waals surface area contributed by atoms with Crippen LogP contribution in [0.15, 0.2) is 54.6 Å². The van der Waals surface area contributed by atoms with E-state index in [1.165, 1.54) is 0 Å². The molecule has 3 aromatic rings. The lowest BCUT2D eigenvalue weighted by molar-refractivity contribution is -0.0446. The second kappa shape index (κ2) is 12.9. The topological polar surface area (TPSA) is 86.3 Å². The number of para-hydroxylation sites is 3. The highest BCUT2D eigenvalue weighted by atomic mass is 16.7. The summed E-state index contributed by atoms with van der Waals surface area (Å²) in [5, 5.41) is 0. The van der Waals surface area contributed by atoms with Gasteiger partial charge in [-0.1, -0.05) is 18.2 Å². The van der Waals surface area contributed by atoms with Crippen LogP contribution in [0.3, 0.4) is 0 Å². The minimum atomic E-state index is -0.701. The summed E-state index contributed by atoms with van der Waals surface area (Å²) in [5.41, 5.74) is 0. The van der Waals surface area contributed by atoms with Gasteiger partial charge in [-0.05, 0) is 55.7 Å². The minimum absolute atomic E-state index is 0.552. The molecule has 3 aliphatic heterocycles. The third-order valence-electron chi connectivity index (χ3n) is 7.57. The average Bonchev–Trinajstić information content (AvgIpc) is 3.61. The molecule has 0 bridgehead atoms. The van der Waals surface area contributed by atoms with E-state index in [0.29, 0.717) is 71.6 Å². The molecule has 0 amide bonds. The smallest absolute Gasteiger partial charge is 0.246 e. The summed E-state index contributed by atoms with van der Waals surface area (Å²) < 4.78 is 53.9. The maximum atomic E-state index is 6.15. The molecule has 0 spiro atoms. The van der Waals surface area contributed by atoms with Gasteiger partial charge in [0.15, 0.2) is 34.5 Å². The molecule has 3 aliphatic rings. The second-order valence-corrected chi connectivity index (χ2v) is 13.0. The van der Waals surface area contributed by atoms with Crippen LogP contribution in [0.4, 0.5) is 0 Å². The molecule has 3 aromatic carbocycles. The van der Waals surface area contributed by atoms with Crippen molar-refractivity contribution in [1.82, 2.24) is 4.90 Å². The molecular weight excluding hydrogens is 590 g/mol. The SMILES string of the molecule is CC1(C)Oc2cccc(OCCCN(CCCOc3cccc4c3OC(C)(C)O4)CCCOc3cccc4c3OC(C)(C)O4)c2O1. The minimum Gasteiger partial charge on any atom is -0.489 e. The molecule has 46 heavy (non-hydrogen) atoms. The lowest BCUT2D eigenvalue weighted by atomic mass is 10.3. The molecule has 10 nitrogen and oxygen atoms in total. The number of ether oxygens (including phenoxy) is 9. The molecule has 0 saturated carbocycles. The fraction of sp³-hybridized carbons (Fsp3) is 0.500. The third-order valence-corrected chi connectivity index (χ3v) is 7.57. The van der Waals surface area contributed by atoms with E-state index in [-0.39, 0.29) is 0 Å². The van der Waals surface area contributed by atoms with E-state index in [1.807, 2.05) is 96.1 Å². The number of benzene rings is 3. The van der Waals surface area contributed by atoms with E-state index in [2.05, 4.69) is 4.90 Å².